The summed E-state index contributed by atoms with van der Waals surface area (Å²) in [5.74, 6) is 0.219. The van der Waals surface area contributed by atoms with Gasteiger partial charge in [-0.1, -0.05) is 129 Å². The molecule has 0 aliphatic carbocycles. The minimum atomic E-state index is -0.0309. The van der Waals surface area contributed by atoms with E-state index in [0.29, 0.717) is 5.56 Å². The summed E-state index contributed by atoms with van der Waals surface area (Å²) in [5.41, 5.74) is 12.0. The van der Waals surface area contributed by atoms with Gasteiger partial charge in [0.1, 0.15) is 10.8 Å². The number of para-hydroxylation sites is 1. The second kappa shape index (κ2) is 12.5. The largest absolute Gasteiger partial charge is 0.507 e. The molecule has 5 aromatic carbocycles. The zero-order valence-electron chi connectivity index (χ0n) is 29.6. The van der Waals surface area contributed by atoms with Crippen molar-refractivity contribution in [3.05, 3.63) is 125 Å². The fourth-order valence-electron chi connectivity index (χ4n) is 5.83. The third-order valence-electron chi connectivity index (χ3n) is 9.01. The van der Waals surface area contributed by atoms with Crippen LogP contribution in [0.5, 0.6) is 5.75 Å². The zero-order valence-corrected chi connectivity index (χ0v) is 30.5. The lowest BCUT2D eigenvalue weighted by atomic mass is 9.85. The van der Waals surface area contributed by atoms with E-state index in [2.05, 4.69) is 129 Å². The van der Waals surface area contributed by atoms with Crippen molar-refractivity contribution in [3.63, 3.8) is 0 Å². The zero-order chi connectivity index (χ0) is 34.4. The van der Waals surface area contributed by atoms with E-state index in [9.17, 15) is 5.11 Å². The van der Waals surface area contributed by atoms with E-state index >= 15 is 0 Å². The molecule has 0 unspecified atom stereocenters. The molecule has 0 radical (unpaired) electrons. The van der Waals surface area contributed by atoms with Gasteiger partial charge in [0.15, 0.2) is 0 Å². The second-order valence-electron chi connectivity index (χ2n) is 15.8. The van der Waals surface area contributed by atoms with Gasteiger partial charge in [-0.15, -0.1) is 11.3 Å². The Morgan fingerprint density at radius 1 is 0.583 bits per heavy atom. The van der Waals surface area contributed by atoms with Crippen molar-refractivity contribution in [1.29, 1.82) is 0 Å². The molecule has 0 spiro atoms. The van der Waals surface area contributed by atoms with Crippen LogP contribution >= 0.6 is 11.3 Å². The number of aliphatic imine (C=N–C) groups is 1. The molecule has 3 nitrogen and oxygen atoms in total. The van der Waals surface area contributed by atoms with Gasteiger partial charge < -0.3 is 5.11 Å². The smallest absolute Gasteiger partial charge is 0.126 e. The molecule has 0 amide bonds. The molecule has 0 saturated heterocycles. The van der Waals surface area contributed by atoms with Crippen molar-refractivity contribution in [2.24, 2.45) is 4.99 Å². The number of phenolic OH excluding ortho intramolecular Hbond substituents is 1. The predicted molar refractivity (Wildman–Crippen MR) is 207 cm³/mol. The van der Waals surface area contributed by atoms with Gasteiger partial charge in [-0.3, -0.25) is 4.99 Å². The van der Waals surface area contributed by atoms with E-state index in [1.807, 2.05) is 30.3 Å². The predicted octanol–water partition coefficient (Wildman–Crippen LogP) is 12.6. The van der Waals surface area contributed by atoms with Gasteiger partial charge >= 0.3 is 0 Å². The van der Waals surface area contributed by atoms with E-state index < -0.39 is 0 Å². The molecule has 0 atom stereocenters. The average molecular weight is 651 g/mol. The summed E-state index contributed by atoms with van der Waals surface area (Å²) in [5, 5.41) is 11.5. The van der Waals surface area contributed by atoms with Crippen molar-refractivity contribution >= 4 is 33.5 Å². The molecule has 48 heavy (non-hydrogen) atoms. The van der Waals surface area contributed by atoms with Crippen molar-refractivity contribution in [2.75, 3.05) is 0 Å². The normalized spacial score (nSPS) is 12.7. The molecule has 6 rings (SSSR count). The number of benzene rings is 5. The van der Waals surface area contributed by atoms with E-state index in [1.54, 1.807) is 23.6 Å². The summed E-state index contributed by atoms with van der Waals surface area (Å²) in [6.45, 7) is 20.0. The van der Waals surface area contributed by atoms with Crippen LogP contribution in [0.4, 0.5) is 5.69 Å². The number of hydrogen-bond donors (Lipinski definition) is 1. The van der Waals surface area contributed by atoms with Crippen LogP contribution in [0.25, 0.3) is 43.0 Å². The number of hydrogen-bond acceptors (Lipinski definition) is 4. The number of phenols is 1. The van der Waals surface area contributed by atoms with Crippen LogP contribution in [0.1, 0.15) is 84.6 Å². The third kappa shape index (κ3) is 7.00. The lowest BCUT2D eigenvalue weighted by Crippen LogP contribution is -2.11. The molecule has 1 heterocycles. The van der Waals surface area contributed by atoms with Crippen molar-refractivity contribution < 1.29 is 5.11 Å². The number of thiazole rings is 1. The minimum absolute atomic E-state index is 0.0202. The van der Waals surface area contributed by atoms with Crippen LogP contribution < -0.4 is 0 Å². The first kappa shape index (κ1) is 33.4. The molecule has 244 valence electrons. The van der Waals surface area contributed by atoms with Crippen LogP contribution in [-0.2, 0) is 16.2 Å². The van der Waals surface area contributed by atoms with Gasteiger partial charge in [0.25, 0.3) is 0 Å². The molecule has 4 heteroatoms. The maximum Gasteiger partial charge on any atom is 0.126 e. The summed E-state index contributed by atoms with van der Waals surface area (Å²) in [4.78, 5) is 10.2. The van der Waals surface area contributed by atoms with Crippen LogP contribution in [-0.4, -0.2) is 16.3 Å². The molecule has 0 bridgehead atoms. The average Bonchev–Trinajstić information content (AvgIpc) is 3.47. The minimum Gasteiger partial charge on any atom is -0.507 e. The highest BCUT2D eigenvalue weighted by atomic mass is 32.1. The quantitative estimate of drug-likeness (QED) is 0.189. The Labute approximate surface area is 290 Å². The first-order valence-electron chi connectivity index (χ1n) is 16.7. The first-order chi connectivity index (χ1) is 22.6. The highest BCUT2D eigenvalue weighted by Crippen LogP contribution is 2.42. The lowest BCUT2D eigenvalue weighted by molar-refractivity contribution is 0.473. The number of nitrogens with zero attached hydrogens (tertiary/aromatic N) is 2. The highest BCUT2D eigenvalue weighted by Gasteiger charge is 2.21. The molecule has 6 aromatic rings. The maximum absolute atomic E-state index is 10.6. The van der Waals surface area contributed by atoms with E-state index in [4.69, 9.17) is 9.98 Å². The number of rotatable bonds is 5. The molecular formula is C44H46N2OS. The summed E-state index contributed by atoms with van der Waals surface area (Å²) >= 11 is 1.70. The molecule has 1 N–H and O–H groups in total. The Morgan fingerprint density at radius 3 is 1.77 bits per heavy atom. The number of aromatic hydroxyl groups is 1. The monoisotopic (exact) mass is 650 g/mol. The highest BCUT2D eigenvalue weighted by molar-refractivity contribution is 7.21. The molecule has 0 saturated carbocycles. The van der Waals surface area contributed by atoms with Crippen molar-refractivity contribution in [1.82, 2.24) is 4.98 Å². The molecule has 0 fully saturated rings. The maximum atomic E-state index is 10.6. The Balaban J connectivity index is 1.40. The summed E-state index contributed by atoms with van der Waals surface area (Å²) < 4.78 is 1.16. The molecule has 0 aliphatic heterocycles. The second-order valence-corrected chi connectivity index (χ2v) is 16.9. The fraction of sp³-hybridized carbons (Fsp3) is 0.273. The Morgan fingerprint density at radius 2 is 1.15 bits per heavy atom. The van der Waals surface area contributed by atoms with Crippen LogP contribution in [0.3, 0.4) is 0 Å². The van der Waals surface area contributed by atoms with E-state index in [0.717, 1.165) is 43.2 Å². The molecular weight excluding hydrogens is 605 g/mol. The van der Waals surface area contributed by atoms with Crippen LogP contribution in [0.15, 0.2) is 108 Å². The fourth-order valence-corrected chi connectivity index (χ4v) is 6.90. The standard InChI is InChI=1S/C44H46N2OS/c1-42(2,3)32-20-18-29(19-21-32)28-14-16-30(17-15-28)36-25-34(44(7,8)9)26-39-40(36)46-41(48-39)35-12-10-11-13-37(35)45-27-31-24-33(43(4,5)6)22-23-38(31)47/h10-27,47H,1-9H3. The Kier molecular flexibility index (Phi) is 8.68. The SMILES string of the molecule is CC(C)(C)c1ccc(-c2ccc(-c3cc(C(C)(C)C)cc4sc(-c5ccccc5N=Cc5cc(C(C)(C)C)ccc5O)nc34)cc2)cc1. The summed E-state index contributed by atoms with van der Waals surface area (Å²) in [6.07, 6.45) is 1.76. The van der Waals surface area contributed by atoms with Crippen molar-refractivity contribution in [3.8, 4) is 38.6 Å². The molecule has 1 aromatic heterocycles. The number of fused-ring (bicyclic) bond motifs is 1. The van der Waals surface area contributed by atoms with E-state index in [1.165, 1.54) is 22.3 Å². The Hall–Kier alpha value is -4.54. The van der Waals surface area contributed by atoms with Crippen LogP contribution in [0.2, 0.25) is 0 Å². The van der Waals surface area contributed by atoms with E-state index in [-0.39, 0.29) is 22.0 Å². The third-order valence-corrected chi connectivity index (χ3v) is 10.0. The van der Waals surface area contributed by atoms with Gasteiger partial charge in [-0.2, -0.15) is 0 Å². The molecule has 0 aliphatic rings. The van der Waals surface area contributed by atoms with Gasteiger partial charge in [0.2, 0.25) is 0 Å². The van der Waals surface area contributed by atoms with Crippen LogP contribution in [0, 0.1) is 0 Å². The first-order valence-corrected chi connectivity index (χ1v) is 17.5. The topological polar surface area (TPSA) is 45.5 Å². The van der Waals surface area contributed by atoms with Gasteiger partial charge in [-0.25, -0.2) is 4.98 Å². The van der Waals surface area contributed by atoms with Gasteiger partial charge in [0.05, 0.1) is 15.9 Å². The van der Waals surface area contributed by atoms with Gasteiger partial charge in [0, 0.05) is 22.9 Å². The number of aromatic nitrogens is 1. The lowest BCUT2D eigenvalue weighted by Gasteiger charge is -2.20. The summed E-state index contributed by atoms with van der Waals surface area (Å²) in [6, 6.07) is 36.3. The summed E-state index contributed by atoms with van der Waals surface area (Å²) in [7, 11) is 0. The van der Waals surface area contributed by atoms with Gasteiger partial charge in [-0.05, 0) is 86.0 Å². The Bertz CT molecular complexity index is 2110. The van der Waals surface area contributed by atoms with Crippen molar-refractivity contribution in [2.45, 2.75) is 78.6 Å².